The van der Waals surface area contributed by atoms with Crippen molar-refractivity contribution in [2.24, 2.45) is 5.73 Å². The van der Waals surface area contributed by atoms with Gasteiger partial charge >= 0.3 is 0 Å². The lowest BCUT2D eigenvalue weighted by Gasteiger charge is -2.24. The highest BCUT2D eigenvalue weighted by molar-refractivity contribution is 4.89. The van der Waals surface area contributed by atoms with Gasteiger partial charge in [0, 0.05) is 13.0 Å². The number of ether oxygens (including phenoxy) is 1. The van der Waals surface area contributed by atoms with Crippen molar-refractivity contribution in [3.05, 3.63) is 0 Å². The Morgan fingerprint density at radius 3 is 2.90 bits per heavy atom. The van der Waals surface area contributed by atoms with Crippen LogP contribution in [0.15, 0.2) is 0 Å². The molecule has 1 rings (SSSR count). The van der Waals surface area contributed by atoms with Crippen molar-refractivity contribution >= 4 is 0 Å². The lowest BCUT2D eigenvalue weighted by Crippen LogP contribution is -2.38. The van der Waals surface area contributed by atoms with Crippen LogP contribution in [0.5, 0.6) is 0 Å². The molecule has 3 heteroatoms. The first-order chi connectivity index (χ1) is 4.69. The van der Waals surface area contributed by atoms with Crippen molar-refractivity contribution in [1.82, 2.24) is 0 Å². The molecule has 2 unspecified atom stereocenters. The van der Waals surface area contributed by atoms with E-state index in [9.17, 15) is 5.11 Å². The van der Waals surface area contributed by atoms with Gasteiger partial charge < -0.3 is 15.6 Å². The second-order valence-corrected chi connectivity index (χ2v) is 2.91. The van der Waals surface area contributed by atoms with Crippen LogP contribution in [0.1, 0.15) is 19.8 Å². The Labute approximate surface area is 61.2 Å². The van der Waals surface area contributed by atoms with Gasteiger partial charge in [-0.25, -0.2) is 0 Å². The van der Waals surface area contributed by atoms with Gasteiger partial charge in [-0.15, -0.1) is 0 Å². The molecule has 2 atom stereocenters. The maximum absolute atomic E-state index is 9.75. The quantitative estimate of drug-likeness (QED) is 0.569. The summed E-state index contributed by atoms with van der Waals surface area (Å²) < 4.78 is 5.22. The molecule has 0 amide bonds. The molecule has 3 N–H and O–H groups in total. The smallest absolute Gasteiger partial charge is 0.0939 e. The largest absolute Gasteiger partial charge is 0.387 e. The van der Waals surface area contributed by atoms with Gasteiger partial charge in [-0.3, -0.25) is 0 Å². The summed E-state index contributed by atoms with van der Waals surface area (Å²) in [5, 5.41) is 9.75. The molecule has 0 bridgehead atoms. The Morgan fingerprint density at radius 1 is 1.80 bits per heavy atom. The van der Waals surface area contributed by atoms with Crippen molar-refractivity contribution in [3.8, 4) is 0 Å². The monoisotopic (exact) mass is 145 g/mol. The van der Waals surface area contributed by atoms with Crippen LogP contribution < -0.4 is 5.73 Å². The third-order valence-electron chi connectivity index (χ3n) is 2.24. The predicted molar refractivity (Wildman–Crippen MR) is 38.7 cm³/mol. The first-order valence-corrected chi connectivity index (χ1v) is 3.73. The summed E-state index contributed by atoms with van der Waals surface area (Å²) in [6.07, 6.45) is 1.33. The van der Waals surface area contributed by atoms with Gasteiger partial charge in [-0.1, -0.05) is 0 Å². The van der Waals surface area contributed by atoms with Crippen LogP contribution in [0.3, 0.4) is 0 Å². The molecule has 0 aromatic rings. The van der Waals surface area contributed by atoms with E-state index >= 15 is 0 Å². The molecule has 10 heavy (non-hydrogen) atoms. The zero-order chi connectivity index (χ0) is 7.61. The number of rotatable bonds is 2. The summed E-state index contributed by atoms with van der Waals surface area (Å²) >= 11 is 0. The second-order valence-electron chi connectivity index (χ2n) is 2.91. The van der Waals surface area contributed by atoms with Crippen LogP contribution in [0.2, 0.25) is 0 Å². The highest BCUT2D eigenvalue weighted by Gasteiger charge is 2.38. The van der Waals surface area contributed by atoms with Crippen LogP contribution in [0.25, 0.3) is 0 Å². The first-order valence-electron chi connectivity index (χ1n) is 3.73. The van der Waals surface area contributed by atoms with E-state index < -0.39 is 5.60 Å². The molecule has 1 fully saturated rings. The number of nitrogens with two attached hydrogens (primary N) is 1. The maximum atomic E-state index is 9.75. The predicted octanol–water partition coefficient (Wildman–Crippen LogP) is -0.125. The average molecular weight is 145 g/mol. The van der Waals surface area contributed by atoms with Crippen LogP contribution in [-0.4, -0.2) is 30.0 Å². The molecule has 0 radical (unpaired) electrons. The van der Waals surface area contributed by atoms with E-state index in [1.807, 2.05) is 6.92 Å². The lowest BCUT2D eigenvalue weighted by molar-refractivity contribution is -0.0312. The Balaban J connectivity index is 2.48. The summed E-state index contributed by atoms with van der Waals surface area (Å²) in [7, 11) is 0. The van der Waals surface area contributed by atoms with Gasteiger partial charge in [0.15, 0.2) is 0 Å². The molecule has 0 aromatic heterocycles. The van der Waals surface area contributed by atoms with Gasteiger partial charge in [-0.2, -0.15) is 0 Å². The molecule has 1 aliphatic heterocycles. The summed E-state index contributed by atoms with van der Waals surface area (Å²) in [4.78, 5) is 0. The third kappa shape index (κ3) is 1.31. The minimum atomic E-state index is -0.644. The minimum absolute atomic E-state index is 0.0453. The van der Waals surface area contributed by atoms with E-state index in [1.165, 1.54) is 0 Å². The molecule has 1 aliphatic rings. The van der Waals surface area contributed by atoms with Crippen LogP contribution in [0, 0.1) is 0 Å². The highest BCUT2D eigenvalue weighted by atomic mass is 16.5. The number of hydrogen-bond acceptors (Lipinski definition) is 3. The fourth-order valence-corrected chi connectivity index (χ4v) is 1.35. The second kappa shape index (κ2) is 2.86. The summed E-state index contributed by atoms with van der Waals surface area (Å²) in [5.41, 5.74) is 4.70. The molecule has 0 spiro atoms. The minimum Gasteiger partial charge on any atom is -0.387 e. The van der Waals surface area contributed by atoms with Crippen molar-refractivity contribution in [2.45, 2.75) is 31.5 Å². The molecular formula is C7H15NO2. The topological polar surface area (TPSA) is 55.5 Å². The van der Waals surface area contributed by atoms with Gasteiger partial charge in [0.25, 0.3) is 0 Å². The molecule has 0 aliphatic carbocycles. The molecule has 3 nitrogen and oxygen atoms in total. The lowest BCUT2D eigenvalue weighted by atomic mass is 9.93. The van der Waals surface area contributed by atoms with E-state index in [2.05, 4.69) is 0 Å². The average Bonchev–Trinajstić information content (AvgIpc) is 2.15. The maximum Gasteiger partial charge on any atom is 0.0939 e. The van der Waals surface area contributed by atoms with Crippen LogP contribution in [-0.2, 0) is 4.74 Å². The van der Waals surface area contributed by atoms with Gasteiger partial charge in [0.1, 0.15) is 0 Å². The SMILES string of the molecule is CC1OCCC1(O)CCN. The molecule has 60 valence electrons. The van der Waals surface area contributed by atoms with E-state index in [-0.39, 0.29) is 6.10 Å². The zero-order valence-electron chi connectivity index (χ0n) is 6.34. The van der Waals surface area contributed by atoms with E-state index in [1.54, 1.807) is 0 Å². The van der Waals surface area contributed by atoms with Crippen LogP contribution in [0.4, 0.5) is 0 Å². The molecular weight excluding hydrogens is 130 g/mol. The van der Waals surface area contributed by atoms with Gasteiger partial charge in [-0.05, 0) is 19.9 Å². The van der Waals surface area contributed by atoms with Crippen molar-refractivity contribution in [3.63, 3.8) is 0 Å². The Bertz CT molecular complexity index is 118. The van der Waals surface area contributed by atoms with Crippen molar-refractivity contribution < 1.29 is 9.84 Å². The molecule has 1 heterocycles. The van der Waals surface area contributed by atoms with E-state index in [0.717, 1.165) is 6.42 Å². The van der Waals surface area contributed by atoms with E-state index in [4.69, 9.17) is 10.5 Å². The standard InChI is InChI=1S/C7H15NO2/c1-6-7(9,2-4-8)3-5-10-6/h6,9H,2-5,8H2,1H3. The van der Waals surface area contributed by atoms with Gasteiger partial charge in [0.05, 0.1) is 11.7 Å². The normalized spacial score (nSPS) is 40.5. The van der Waals surface area contributed by atoms with Crippen molar-refractivity contribution in [1.29, 1.82) is 0 Å². The Morgan fingerprint density at radius 2 is 2.50 bits per heavy atom. The van der Waals surface area contributed by atoms with E-state index in [0.29, 0.717) is 19.6 Å². The molecule has 1 saturated heterocycles. The summed E-state index contributed by atoms with van der Waals surface area (Å²) in [6.45, 7) is 3.09. The van der Waals surface area contributed by atoms with Crippen LogP contribution >= 0.6 is 0 Å². The number of aliphatic hydroxyl groups is 1. The van der Waals surface area contributed by atoms with Crippen molar-refractivity contribution in [2.75, 3.05) is 13.2 Å². The molecule has 0 saturated carbocycles. The Kier molecular flexibility index (Phi) is 2.28. The van der Waals surface area contributed by atoms with Gasteiger partial charge in [0.2, 0.25) is 0 Å². The Hall–Kier alpha value is -0.120. The zero-order valence-corrected chi connectivity index (χ0v) is 6.34. The third-order valence-corrected chi connectivity index (χ3v) is 2.24. The highest BCUT2D eigenvalue weighted by Crippen LogP contribution is 2.27. The first kappa shape index (κ1) is 7.98. The summed E-state index contributed by atoms with van der Waals surface area (Å²) in [5.74, 6) is 0. The fourth-order valence-electron chi connectivity index (χ4n) is 1.35. The fraction of sp³-hybridized carbons (Fsp3) is 1.00. The number of hydrogen-bond donors (Lipinski definition) is 2. The molecule has 0 aromatic carbocycles. The summed E-state index contributed by atoms with van der Waals surface area (Å²) in [6, 6.07) is 0.